The standard InChI is InChI=1S/C12H15NO4S/c1-6-7(2)17-8(3)10(6)11(14)13-5-18-4-9(13)12(15)16/h9H,4-5H2,1-3H3,(H,15,16). The number of thioether (sulfide) groups is 1. The number of carbonyl (C=O) groups is 2. The Bertz CT molecular complexity index is 508. The van der Waals surface area contributed by atoms with Gasteiger partial charge in [-0.15, -0.1) is 11.8 Å². The van der Waals surface area contributed by atoms with Gasteiger partial charge < -0.3 is 14.4 Å². The molecule has 0 spiro atoms. The highest BCUT2D eigenvalue weighted by molar-refractivity contribution is 7.99. The molecule has 0 radical (unpaired) electrons. The van der Waals surface area contributed by atoms with E-state index < -0.39 is 12.0 Å². The van der Waals surface area contributed by atoms with E-state index in [4.69, 9.17) is 9.52 Å². The molecule has 1 aliphatic heterocycles. The van der Waals surface area contributed by atoms with Crippen molar-refractivity contribution in [2.75, 3.05) is 11.6 Å². The maximum atomic E-state index is 12.4. The normalized spacial score (nSPS) is 19.3. The Labute approximate surface area is 109 Å². The Hall–Kier alpha value is -1.43. The Balaban J connectivity index is 2.34. The molecule has 0 bridgehead atoms. The number of aryl methyl sites for hydroxylation is 2. The third kappa shape index (κ3) is 2.01. The van der Waals surface area contributed by atoms with Gasteiger partial charge in [-0.25, -0.2) is 4.79 Å². The summed E-state index contributed by atoms with van der Waals surface area (Å²) in [6.45, 7) is 5.34. The van der Waals surface area contributed by atoms with Crippen molar-refractivity contribution < 1.29 is 19.1 Å². The Morgan fingerprint density at radius 1 is 1.33 bits per heavy atom. The van der Waals surface area contributed by atoms with Gasteiger partial charge in [-0.2, -0.15) is 0 Å². The van der Waals surface area contributed by atoms with Crippen LogP contribution in [0.1, 0.15) is 27.4 Å². The minimum absolute atomic E-state index is 0.251. The van der Waals surface area contributed by atoms with Gasteiger partial charge in [0, 0.05) is 11.3 Å². The lowest BCUT2D eigenvalue weighted by Crippen LogP contribution is -2.42. The largest absolute Gasteiger partial charge is 0.480 e. The van der Waals surface area contributed by atoms with Crippen LogP contribution >= 0.6 is 11.8 Å². The third-order valence-electron chi connectivity index (χ3n) is 3.20. The fourth-order valence-electron chi connectivity index (χ4n) is 2.10. The van der Waals surface area contributed by atoms with Crippen molar-refractivity contribution in [1.82, 2.24) is 4.90 Å². The Kier molecular flexibility index (Phi) is 3.38. The monoisotopic (exact) mass is 269 g/mol. The zero-order valence-electron chi connectivity index (χ0n) is 10.5. The van der Waals surface area contributed by atoms with Crippen molar-refractivity contribution >= 4 is 23.6 Å². The quantitative estimate of drug-likeness (QED) is 0.886. The summed E-state index contributed by atoms with van der Waals surface area (Å²) >= 11 is 1.45. The molecule has 1 aromatic heterocycles. The number of hydrogen-bond acceptors (Lipinski definition) is 4. The number of nitrogens with zero attached hydrogens (tertiary/aromatic N) is 1. The van der Waals surface area contributed by atoms with E-state index in [2.05, 4.69) is 0 Å². The molecular weight excluding hydrogens is 254 g/mol. The molecule has 1 unspecified atom stereocenters. The lowest BCUT2D eigenvalue weighted by Gasteiger charge is -2.20. The molecule has 1 N–H and O–H groups in total. The van der Waals surface area contributed by atoms with E-state index in [1.54, 1.807) is 13.8 Å². The van der Waals surface area contributed by atoms with Gasteiger partial charge in [-0.05, 0) is 20.8 Å². The van der Waals surface area contributed by atoms with Crippen molar-refractivity contribution in [2.24, 2.45) is 0 Å². The number of rotatable bonds is 2. The van der Waals surface area contributed by atoms with Crippen LogP contribution in [0.25, 0.3) is 0 Å². The van der Waals surface area contributed by atoms with Gasteiger partial charge in [0.1, 0.15) is 17.6 Å². The Morgan fingerprint density at radius 3 is 2.50 bits per heavy atom. The van der Waals surface area contributed by atoms with Crippen molar-refractivity contribution in [2.45, 2.75) is 26.8 Å². The molecule has 2 heterocycles. The van der Waals surface area contributed by atoms with Crippen LogP contribution in [-0.4, -0.2) is 39.6 Å². The number of carboxylic acids is 1. The molecular formula is C12H15NO4S. The average Bonchev–Trinajstić information content (AvgIpc) is 2.85. The van der Waals surface area contributed by atoms with E-state index in [1.165, 1.54) is 16.7 Å². The second kappa shape index (κ2) is 4.68. The smallest absolute Gasteiger partial charge is 0.327 e. The lowest BCUT2D eigenvalue weighted by atomic mass is 10.1. The van der Waals surface area contributed by atoms with Crippen LogP contribution in [0.2, 0.25) is 0 Å². The molecule has 0 aromatic carbocycles. The summed E-state index contributed by atoms with van der Waals surface area (Å²) in [5, 5.41) is 9.09. The number of hydrogen-bond donors (Lipinski definition) is 1. The van der Waals surface area contributed by atoms with Crippen LogP contribution in [0.3, 0.4) is 0 Å². The summed E-state index contributed by atoms with van der Waals surface area (Å²) in [4.78, 5) is 24.9. The van der Waals surface area contributed by atoms with Crippen LogP contribution in [0.5, 0.6) is 0 Å². The Morgan fingerprint density at radius 2 is 2.00 bits per heavy atom. The molecule has 18 heavy (non-hydrogen) atoms. The summed E-state index contributed by atoms with van der Waals surface area (Å²) in [5.41, 5.74) is 1.29. The van der Waals surface area contributed by atoms with Gasteiger partial charge >= 0.3 is 5.97 Å². The first-order valence-corrected chi connectivity index (χ1v) is 6.77. The highest BCUT2D eigenvalue weighted by Gasteiger charge is 2.36. The highest BCUT2D eigenvalue weighted by Crippen LogP contribution is 2.28. The molecule has 0 aliphatic carbocycles. The van der Waals surface area contributed by atoms with Gasteiger partial charge in [-0.1, -0.05) is 0 Å². The van der Waals surface area contributed by atoms with Crippen molar-refractivity contribution in [3.63, 3.8) is 0 Å². The van der Waals surface area contributed by atoms with E-state index in [-0.39, 0.29) is 5.91 Å². The molecule has 0 saturated carbocycles. The van der Waals surface area contributed by atoms with E-state index >= 15 is 0 Å². The van der Waals surface area contributed by atoms with Crippen LogP contribution in [0.4, 0.5) is 0 Å². The van der Waals surface area contributed by atoms with Gasteiger partial charge in [0.05, 0.1) is 11.4 Å². The topological polar surface area (TPSA) is 70.8 Å². The summed E-state index contributed by atoms with van der Waals surface area (Å²) in [5.74, 6) is 0.906. The maximum absolute atomic E-state index is 12.4. The van der Waals surface area contributed by atoms with Crippen molar-refractivity contribution in [3.8, 4) is 0 Å². The minimum Gasteiger partial charge on any atom is -0.480 e. The maximum Gasteiger partial charge on any atom is 0.327 e. The van der Waals surface area contributed by atoms with E-state index in [9.17, 15) is 9.59 Å². The second-order valence-corrected chi connectivity index (χ2v) is 5.34. The number of aliphatic carboxylic acids is 1. The second-order valence-electron chi connectivity index (χ2n) is 4.34. The van der Waals surface area contributed by atoms with Crippen LogP contribution < -0.4 is 0 Å². The predicted octanol–water partition coefficient (Wildman–Crippen LogP) is 1.80. The fourth-order valence-corrected chi connectivity index (χ4v) is 3.24. The lowest BCUT2D eigenvalue weighted by molar-refractivity contribution is -0.140. The molecule has 1 fully saturated rings. The van der Waals surface area contributed by atoms with E-state index in [1.807, 2.05) is 6.92 Å². The van der Waals surface area contributed by atoms with Crippen molar-refractivity contribution in [1.29, 1.82) is 0 Å². The van der Waals surface area contributed by atoms with Crippen LogP contribution in [0, 0.1) is 20.8 Å². The van der Waals surface area contributed by atoms with Gasteiger partial charge in [0.25, 0.3) is 5.91 Å². The molecule has 1 saturated heterocycles. The molecule has 1 aliphatic rings. The zero-order valence-corrected chi connectivity index (χ0v) is 11.3. The molecule has 98 valence electrons. The average molecular weight is 269 g/mol. The number of amides is 1. The van der Waals surface area contributed by atoms with Crippen LogP contribution in [0.15, 0.2) is 4.42 Å². The predicted molar refractivity (Wildman–Crippen MR) is 67.8 cm³/mol. The summed E-state index contributed by atoms with van der Waals surface area (Å²) < 4.78 is 5.42. The molecule has 1 atom stereocenters. The van der Waals surface area contributed by atoms with Crippen LogP contribution in [-0.2, 0) is 4.79 Å². The first-order valence-electron chi connectivity index (χ1n) is 5.61. The first-order chi connectivity index (χ1) is 8.43. The fraction of sp³-hybridized carbons (Fsp3) is 0.500. The molecule has 5 nitrogen and oxygen atoms in total. The highest BCUT2D eigenvalue weighted by atomic mass is 32.2. The van der Waals surface area contributed by atoms with Gasteiger partial charge in [-0.3, -0.25) is 4.79 Å². The summed E-state index contributed by atoms with van der Waals surface area (Å²) in [7, 11) is 0. The minimum atomic E-state index is -0.955. The number of furan rings is 1. The molecule has 6 heteroatoms. The van der Waals surface area contributed by atoms with Gasteiger partial charge in [0.15, 0.2) is 0 Å². The SMILES string of the molecule is Cc1oc(C)c(C(=O)N2CSCC2C(=O)O)c1C. The molecule has 1 amide bonds. The number of carbonyl (C=O) groups excluding carboxylic acids is 1. The summed E-state index contributed by atoms with van der Waals surface area (Å²) in [6, 6.07) is -0.739. The van der Waals surface area contributed by atoms with Crippen molar-refractivity contribution in [3.05, 3.63) is 22.6 Å². The molecule has 2 rings (SSSR count). The third-order valence-corrected chi connectivity index (χ3v) is 4.22. The molecule has 1 aromatic rings. The van der Waals surface area contributed by atoms with E-state index in [0.29, 0.717) is 28.7 Å². The zero-order chi connectivity index (χ0) is 13.4. The summed E-state index contributed by atoms with van der Waals surface area (Å²) in [6.07, 6.45) is 0. The van der Waals surface area contributed by atoms with Gasteiger partial charge in [0.2, 0.25) is 0 Å². The number of carboxylic acid groups (broad SMARTS) is 1. The first kappa shape index (κ1) is 13.0. The van der Waals surface area contributed by atoms with E-state index in [0.717, 1.165) is 5.56 Å².